The van der Waals surface area contributed by atoms with Crippen molar-refractivity contribution in [2.45, 2.75) is 44.9 Å². The number of carbonyl (C=O) groups excluding carboxylic acids is 2. The van der Waals surface area contributed by atoms with E-state index in [0.29, 0.717) is 16.0 Å². The first-order valence-electron chi connectivity index (χ1n) is 10.3. The van der Waals surface area contributed by atoms with Gasteiger partial charge in [0.25, 0.3) is 5.91 Å². The van der Waals surface area contributed by atoms with Gasteiger partial charge >= 0.3 is 6.18 Å². The highest BCUT2D eigenvalue weighted by Crippen LogP contribution is 2.53. The van der Waals surface area contributed by atoms with E-state index in [9.17, 15) is 22.8 Å². The smallest absolute Gasteiger partial charge is 0.425 e. The average Bonchev–Trinajstić information content (AvgIpc) is 3.41. The summed E-state index contributed by atoms with van der Waals surface area (Å²) in [5.74, 6) is -1.62. The maximum absolute atomic E-state index is 14.9. The summed E-state index contributed by atoms with van der Waals surface area (Å²) in [5, 5.41) is 2.30. The van der Waals surface area contributed by atoms with Crippen LogP contribution in [0.5, 0.6) is 0 Å². The summed E-state index contributed by atoms with van der Waals surface area (Å²) in [6, 6.07) is 10.1. The van der Waals surface area contributed by atoms with Gasteiger partial charge in [-0.15, -0.1) is 0 Å². The number of nitrogens with one attached hydrogen (secondary N) is 1. The van der Waals surface area contributed by atoms with E-state index in [-0.39, 0.29) is 30.2 Å². The molecular formula is C23H20F3N3O3S. The van der Waals surface area contributed by atoms with Crippen LogP contribution in [0, 0.1) is 5.41 Å². The molecule has 5 rings (SSSR count). The quantitative estimate of drug-likeness (QED) is 0.555. The number of hydrogen-bond acceptors (Lipinski definition) is 6. The molecule has 2 aliphatic rings. The van der Waals surface area contributed by atoms with Crippen molar-refractivity contribution < 1.29 is 27.2 Å². The Morgan fingerprint density at radius 3 is 2.58 bits per heavy atom. The van der Waals surface area contributed by atoms with Crippen molar-refractivity contribution in [1.29, 1.82) is 0 Å². The first-order chi connectivity index (χ1) is 15.5. The summed E-state index contributed by atoms with van der Waals surface area (Å²) in [7, 11) is 0. The molecule has 0 bridgehead atoms. The van der Waals surface area contributed by atoms with Gasteiger partial charge in [0.15, 0.2) is 10.9 Å². The minimum absolute atomic E-state index is 0.0776. The minimum atomic E-state index is -5.09. The molecule has 172 valence electrons. The lowest BCUT2D eigenvalue weighted by Gasteiger charge is -2.35. The molecule has 0 saturated carbocycles. The molecule has 33 heavy (non-hydrogen) atoms. The number of alkyl halides is 3. The topological polar surface area (TPSA) is 75.4 Å². The van der Waals surface area contributed by atoms with Gasteiger partial charge in [-0.3, -0.25) is 9.59 Å². The number of rotatable bonds is 4. The molecule has 0 radical (unpaired) electrons. The molecule has 1 amide bonds. The monoisotopic (exact) mass is 475 g/mol. The lowest BCUT2D eigenvalue weighted by Crippen LogP contribution is -2.60. The molecule has 3 aromatic rings. The third kappa shape index (κ3) is 3.35. The lowest BCUT2D eigenvalue weighted by molar-refractivity contribution is -0.181. The maximum atomic E-state index is 14.9. The number of fused-ring (bicyclic) bond motifs is 1. The molecule has 0 fully saturated rings. The number of thiazole rings is 1. The maximum Gasteiger partial charge on any atom is 0.425 e. The zero-order valence-corrected chi connectivity index (χ0v) is 18.6. The molecule has 3 heterocycles. The number of amides is 1. The van der Waals surface area contributed by atoms with Crippen LogP contribution >= 0.6 is 11.3 Å². The molecule has 1 aliphatic carbocycles. The highest BCUT2D eigenvalue weighted by atomic mass is 32.1. The predicted molar refractivity (Wildman–Crippen MR) is 116 cm³/mol. The third-order valence-corrected chi connectivity index (χ3v) is 6.98. The highest BCUT2D eigenvalue weighted by Gasteiger charge is 2.71. The number of para-hydroxylation sites is 1. The Hall–Kier alpha value is -3.14. The summed E-state index contributed by atoms with van der Waals surface area (Å²) in [5.41, 5.74) is -3.75. The molecule has 6 nitrogen and oxygen atoms in total. The Morgan fingerprint density at radius 2 is 1.91 bits per heavy atom. The SMILES string of the molecule is CC1(C)CC(=O)C2=C(C1)N(Cc1ccco1)C(=O)[C@@]2(Nc1nc2ccccc2s1)C(F)(F)F. The van der Waals surface area contributed by atoms with Gasteiger partial charge in [-0.1, -0.05) is 37.3 Å². The van der Waals surface area contributed by atoms with Crippen LogP contribution in [0.4, 0.5) is 18.3 Å². The van der Waals surface area contributed by atoms with Crippen LogP contribution in [-0.4, -0.2) is 33.3 Å². The number of benzene rings is 1. The lowest BCUT2D eigenvalue weighted by atomic mass is 9.72. The van der Waals surface area contributed by atoms with Crippen LogP contribution in [0.2, 0.25) is 0 Å². The zero-order valence-electron chi connectivity index (χ0n) is 17.8. The number of ketones is 1. The second-order valence-electron chi connectivity index (χ2n) is 9.09. The van der Waals surface area contributed by atoms with E-state index in [1.807, 2.05) is 0 Å². The van der Waals surface area contributed by atoms with Crippen LogP contribution in [0.25, 0.3) is 10.2 Å². The van der Waals surface area contributed by atoms with Gasteiger partial charge in [-0.2, -0.15) is 13.2 Å². The standard InChI is InChI=1S/C23H20F3N3O3S/c1-21(2)10-15-18(16(30)11-21)22(23(24,25)26,19(31)29(15)12-13-6-5-9-32-13)28-20-27-14-7-3-4-8-17(14)33-20/h3-9H,10-12H2,1-2H3,(H,27,28)/t22-/m1/s1. The molecule has 0 spiro atoms. The van der Waals surface area contributed by atoms with Gasteiger partial charge in [0.05, 0.1) is 28.6 Å². The van der Waals surface area contributed by atoms with E-state index in [0.717, 1.165) is 16.2 Å². The van der Waals surface area contributed by atoms with Crippen molar-refractivity contribution in [1.82, 2.24) is 9.88 Å². The summed E-state index contributed by atoms with van der Waals surface area (Å²) >= 11 is 1.00. The fourth-order valence-electron chi connectivity index (χ4n) is 4.64. The molecule has 10 heteroatoms. The Kier molecular flexibility index (Phi) is 4.72. The molecule has 1 atom stereocenters. The number of hydrogen-bond donors (Lipinski definition) is 1. The number of nitrogens with zero attached hydrogens (tertiary/aromatic N) is 2. The Labute approximate surface area is 191 Å². The van der Waals surface area contributed by atoms with Crippen molar-refractivity contribution in [3.63, 3.8) is 0 Å². The van der Waals surface area contributed by atoms with Gasteiger partial charge < -0.3 is 14.6 Å². The number of halogens is 3. The third-order valence-electron chi connectivity index (χ3n) is 6.03. The van der Waals surface area contributed by atoms with Crippen LogP contribution in [-0.2, 0) is 16.1 Å². The van der Waals surface area contributed by atoms with Crippen molar-refractivity contribution in [3.8, 4) is 0 Å². The first kappa shape index (κ1) is 21.7. The normalized spacial score (nSPS) is 22.9. The molecule has 1 aromatic carbocycles. The van der Waals surface area contributed by atoms with Gasteiger partial charge in [0, 0.05) is 12.1 Å². The molecule has 1 aliphatic heterocycles. The number of carbonyl (C=O) groups is 2. The van der Waals surface area contributed by atoms with Crippen molar-refractivity contribution in [3.05, 3.63) is 59.7 Å². The molecular weight excluding hydrogens is 455 g/mol. The number of Topliss-reactive ketones (excluding diaryl/α,β-unsaturated/α-hetero) is 1. The number of allylic oxidation sites excluding steroid dienone is 1. The molecule has 0 unspecified atom stereocenters. The molecule has 1 N–H and O–H groups in total. The predicted octanol–water partition coefficient (Wildman–Crippen LogP) is 5.29. The summed E-state index contributed by atoms with van der Waals surface area (Å²) in [6.45, 7) is 3.41. The average molecular weight is 475 g/mol. The second kappa shape index (κ2) is 7.18. The Balaban J connectivity index is 1.69. The second-order valence-corrected chi connectivity index (χ2v) is 10.1. The summed E-state index contributed by atoms with van der Waals surface area (Å²) < 4.78 is 50.5. The fourth-order valence-corrected chi connectivity index (χ4v) is 5.56. The van der Waals surface area contributed by atoms with Crippen LogP contribution in [0.15, 0.2) is 58.3 Å². The van der Waals surface area contributed by atoms with Crippen molar-refractivity contribution in [2.24, 2.45) is 5.41 Å². The van der Waals surface area contributed by atoms with Gasteiger partial charge in [-0.25, -0.2) is 4.98 Å². The molecule has 2 aromatic heterocycles. The van der Waals surface area contributed by atoms with Crippen molar-refractivity contribution in [2.75, 3.05) is 5.32 Å². The van der Waals surface area contributed by atoms with E-state index >= 15 is 0 Å². The Bertz CT molecular complexity index is 1260. The van der Waals surface area contributed by atoms with Crippen LogP contribution < -0.4 is 5.32 Å². The van der Waals surface area contributed by atoms with Gasteiger partial charge in [0.1, 0.15) is 5.76 Å². The summed E-state index contributed by atoms with van der Waals surface area (Å²) in [4.78, 5) is 32.1. The van der Waals surface area contributed by atoms with Crippen LogP contribution in [0.3, 0.4) is 0 Å². The van der Waals surface area contributed by atoms with E-state index in [2.05, 4.69) is 10.3 Å². The largest absolute Gasteiger partial charge is 0.467 e. The van der Waals surface area contributed by atoms with Gasteiger partial charge in [-0.05, 0) is 36.1 Å². The van der Waals surface area contributed by atoms with E-state index < -0.39 is 34.4 Å². The fraction of sp³-hybridized carbons (Fsp3) is 0.348. The van der Waals surface area contributed by atoms with E-state index in [1.165, 1.54) is 6.26 Å². The van der Waals surface area contributed by atoms with E-state index in [1.54, 1.807) is 50.2 Å². The number of aromatic nitrogens is 1. The van der Waals surface area contributed by atoms with E-state index in [4.69, 9.17) is 4.42 Å². The van der Waals surface area contributed by atoms with Crippen LogP contribution in [0.1, 0.15) is 32.4 Å². The molecule has 0 saturated heterocycles. The Morgan fingerprint density at radius 1 is 1.15 bits per heavy atom. The number of furan rings is 1. The van der Waals surface area contributed by atoms with Crippen molar-refractivity contribution >= 4 is 38.4 Å². The highest BCUT2D eigenvalue weighted by molar-refractivity contribution is 7.22. The summed E-state index contributed by atoms with van der Waals surface area (Å²) in [6.07, 6.45) is -3.64. The minimum Gasteiger partial charge on any atom is -0.467 e. The zero-order chi connectivity index (χ0) is 23.6. The van der Waals surface area contributed by atoms with Gasteiger partial charge in [0.2, 0.25) is 5.54 Å². The first-order valence-corrected chi connectivity index (χ1v) is 11.2. The number of anilines is 1.